The van der Waals surface area contributed by atoms with Crippen molar-refractivity contribution in [1.82, 2.24) is 0 Å². The molecule has 2 N–H and O–H groups in total. The van der Waals surface area contributed by atoms with Crippen molar-refractivity contribution < 1.29 is 29.3 Å². The Morgan fingerprint density at radius 2 is 2.12 bits per heavy atom. The number of carbonyl (C=O) groups is 2. The first kappa shape index (κ1) is 18.1. The summed E-state index contributed by atoms with van der Waals surface area (Å²) >= 11 is 0. The van der Waals surface area contributed by atoms with Crippen LogP contribution in [0.25, 0.3) is 0 Å². The second-order valence-corrected chi connectivity index (χ2v) is 7.65. The Hall–Kier alpha value is -1.66. The van der Waals surface area contributed by atoms with Crippen molar-refractivity contribution in [2.45, 2.75) is 45.0 Å². The molecule has 0 spiro atoms. The molecule has 2 aliphatic carbocycles. The number of esters is 2. The average molecular weight is 350 g/mol. The Labute approximate surface area is 147 Å². The van der Waals surface area contributed by atoms with Crippen LogP contribution in [0.15, 0.2) is 24.3 Å². The lowest BCUT2D eigenvalue weighted by Gasteiger charge is -2.30. The highest BCUT2D eigenvalue weighted by Crippen LogP contribution is 2.52. The third kappa shape index (κ3) is 2.91. The summed E-state index contributed by atoms with van der Waals surface area (Å²) < 4.78 is 11.3. The van der Waals surface area contributed by atoms with Gasteiger partial charge in [-0.15, -0.1) is 0 Å². The molecule has 3 aliphatic rings. The van der Waals surface area contributed by atoms with Crippen molar-refractivity contribution in [3.63, 3.8) is 0 Å². The first-order valence-electron chi connectivity index (χ1n) is 8.82. The topological polar surface area (TPSA) is 93.1 Å². The van der Waals surface area contributed by atoms with E-state index in [2.05, 4.69) is 13.2 Å². The van der Waals surface area contributed by atoms with E-state index in [9.17, 15) is 19.8 Å². The third-order valence-electron chi connectivity index (χ3n) is 6.06. The molecular formula is C19H26O6. The molecule has 1 aliphatic heterocycles. The van der Waals surface area contributed by atoms with Crippen LogP contribution in [0.3, 0.4) is 0 Å². The van der Waals surface area contributed by atoms with Gasteiger partial charge in [-0.3, -0.25) is 9.59 Å². The summed E-state index contributed by atoms with van der Waals surface area (Å²) in [6, 6.07) is 0. The Kier molecular flexibility index (Phi) is 4.77. The molecule has 0 amide bonds. The lowest BCUT2D eigenvalue weighted by Crippen LogP contribution is -2.39. The summed E-state index contributed by atoms with van der Waals surface area (Å²) in [5.74, 6) is -2.38. The summed E-state index contributed by atoms with van der Waals surface area (Å²) in [5.41, 5.74) is 1.55. The van der Waals surface area contributed by atoms with Crippen LogP contribution in [-0.4, -0.2) is 47.1 Å². The fourth-order valence-corrected chi connectivity index (χ4v) is 4.49. The quantitative estimate of drug-likeness (QED) is 0.587. The second kappa shape index (κ2) is 6.57. The fraction of sp³-hybridized carbons (Fsp3) is 0.684. The van der Waals surface area contributed by atoms with E-state index in [4.69, 9.17) is 9.47 Å². The lowest BCUT2D eigenvalue weighted by atomic mass is 9.79. The monoisotopic (exact) mass is 350 g/mol. The van der Waals surface area contributed by atoms with Crippen molar-refractivity contribution in [2.24, 2.45) is 29.6 Å². The molecule has 1 heterocycles. The highest BCUT2D eigenvalue weighted by Gasteiger charge is 2.57. The number of aliphatic hydroxyl groups excluding tert-OH is 2. The van der Waals surface area contributed by atoms with Gasteiger partial charge in [-0.1, -0.05) is 25.7 Å². The van der Waals surface area contributed by atoms with Gasteiger partial charge in [-0.2, -0.15) is 0 Å². The van der Waals surface area contributed by atoms with Crippen LogP contribution in [-0.2, 0) is 19.1 Å². The van der Waals surface area contributed by atoms with Gasteiger partial charge in [0.2, 0.25) is 0 Å². The summed E-state index contributed by atoms with van der Waals surface area (Å²) in [6.45, 7) is 11.2. The lowest BCUT2D eigenvalue weighted by molar-refractivity contribution is -0.159. The zero-order chi connectivity index (χ0) is 18.5. The molecule has 0 radical (unpaired) electrons. The molecule has 3 rings (SSSR count). The summed E-state index contributed by atoms with van der Waals surface area (Å²) in [6.07, 6.45) is -0.705. The Bertz CT molecular complexity index is 611. The molecule has 6 heteroatoms. The van der Waals surface area contributed by atoms with E-state index < -0.39 is 36.1 Å². The predicted molar refractivity (Wildman–Crippen MR) is 89.2 cm³/mol. The molecule has 0 bridgehead atoms. The minimum atomic E-state index is -0.629. The number of hydrogen-bond donors (Lipinski definition) is 2. The second-order valence-electron chi connectivity index (χ2n) is 7.65. The zero-order valence-electron chi connectivity index (χ0n) is 14.7. The molecule has 25 heavy (non-hydrogen) atoms. The molecule has 0 aromatic heterocycles. The average Bonchev–Trinajstić information content (AvgIpc) is 2.99. The van der Waals surface area contributed by atoms with Gasteiger partial charge in [0.25, 0.3) is 0 Å². The van der Waals surface area contributed by atoms with Crippen LogP contribution in [0.4, 0.5) is 0 Å². The molecule has 1 saturated heterocycles. The number of ether oxygens (including phenoxy) is 2. The summed E-state index contributed by atoms with van der Waals surface area (Å²) in [7, 11) is 0. The highest BCUT2D eigenvalue weighted by atomic mass is 16.6. The smallest absolute Gasteiger partial charge is 0.311 e. The standard InChI is InChI=1S/C19H26O6/c1-8-5-14(24-18(22)9(2)7-20)16-11(4)19(23)25-17(16)15-10(3)13(21)6-12(8)15/h9,11-17,20-21H,1,3,5-7H2,2,4H3/t9?,11-,12-,13-,14-,15-,16+,17+/m0/s1. The van der Waals surface area contributed by atoms with Gasteiger partial charge in [0, 0.05) is 18.3 Å². The van der Waals surface area contributed by atoms with Crippen LogP contribution in [0.2, 0.25) is 0 Å². The number of fused-ring (bicyclic) bond motifs is 3. The van der Waals surface area contributed by atoms with E-state index in [-0.39, 0.29) is 30.3 Å². The molecule has 3 fully saturated rings. The molecule has 6 nitrogen and oxygen atoms in total. The van der Waals surface area contributed by atoms with E-state index in [1.165, 1.54) is 0 Å². The third-order valence-corrected chi connectivity index (χ3v) is 6.06. The van der Waals surface area contributed by atoms with E-state index >= 15 is 0 Å². The number of aliphatic hydroxyl groups is 2. The minimum Gasteiger partial charge on any atom is -0.461 e. The maximum Gasteiger partial charge on any atom is 0.311 e. The number of rotatable bonds is 3. The molecule has 138 valence electrons. The van der Waals surface area contributed by atoms with Gasteiger partial charge in [-0.05, 0) is 24.8 Å². The fourth-order valence-electron chi connectivity index (χ4n) is 4.49. The van der Waals surface area contributed by atoms with Crippen molar-refractivity contribution in [3.8, 4) is 0 Å². The predicted octanol–water partition coefficient (Wildman–Crippen LogP) is 1.22. The van der Waals surface area contributed by atoms with Crippen molar-refractivity contribution >= 4 is 11.9 Å². The first-order chi connectivity index (χ1) is 11.8. The zero-order valence-corrected chi connectivity index (χ0v) is 14.7. The molecular weight excluding hydrogens is 324 g/mol. The summed E-state index contributed by atoms with van der Waals surface area (Å²) in [5, 5.41) is 19.4. The molecule has 0 aromatic rings. The van der Waals surface area contributed by atoms with Gasteiger partial charge in [0.15, 0.2) is 0 Å². The van der Waals surface area contributed by atoms with Gasteiger partial charge < -0.3 is 19.7 Å². The molecule has 2 saturated carbocycles. The summed E-state index contributed by atoms with van der Waals surface area (Å²) in [4.78, 5) is 24.4. The van der Waals surface area contributed by atoms with Crippen LogP contribution in [0.1, 0.15) is 26.7 Å². The Balaban J connectivity index is 1.94. The largest absolute Gasteiger partial charge is 0.461 e. The number of carbonyl (C=O) groups excluding carboxylic acids is 2. The van der Waals surface area contributed by atoms with Crippen LogP contribution in [0.5, 0.6) is 0 Å². The van der Waals surface area contributed by atoms with Crippen molar-refractivity contribution in [2.75, 3.05) is 6.61 Å². The Morgan fingerprint density at radius 3 is 2.76 bits per heavy atom. The van der Waals surface area contributed by atoms with Crippen LogP contribution in [0, 0.1) is 29.6 Å². The first-order valence-corrected chi connectivity index (χ1v) is 8.82. The van der Waals surface area contributed by atoms with Gasteiger partial charge in [0.05, 0.1) is 24.5 Å². The molecule has 0 aromatic carbocycles. The molecule has 1 unspecified atom stereocenters. The van der Waals surface area contributed by atoms with E-state index in [0.29, 0.717) is 18.4 Å². The maximum atomic E-state index is 12.2. The van der Waals surface area contributed by atoms with Crippen molar-refractivity contribution in [1.29, 1.82) is 0 Å². The SMILES string of the molecule is C=C1[C@@H]2[C@H]3OC(=O)[C@@H](C)[C@@H]3[C@@H](OC(=O)C(C)CO)CC(=C)[C@@H]2C[C@@H]1O. The maximum absolute atomic E-state index is 12.2. The van der Waals surface area contributed by atoms with Crippen LogP contribution >= 0.6 is 0 Å². The van der Waals surface area contributed by atoms with Crippen LogP contribution < -0.4 is 0 Å². The van der Waals surface area contributed by atoms with Crippen molar-refractivity contribution in [3.05, 3.63) is 24.3 Å². The van der Waals surface area contributed by atoms with Gasteiger partial charge >= 0.3 is 11.9 Å². The number of hydrogen-bond acceptors (Lipinski definition) is 6. The normalized spacial score (nSPS) is 41.6. The minimum absolute atomic E-state index is 0.0351. The Morgan fingerprint density at radius 1 is 1.44 bits per heavy atom. The van der Waals surface area contributed by atoms with Gasteiger partial charge in [0.1, 0.15) is 12.2 Å². The highest BCUT2D eigenvalue weighted by molar-refractivity contribution is 5.76. The van der Waals surface area contributed by atoms with E-state index in [1.54, 1.807) is 13.8 Å². The van der Waals surface area contributed by atoms with E-state index in [1.807, 2.05) is 0 Å². The van der Waals surface area contributed by atoms with Gasteiger partial charge in [-0.25, -0.2) is 0 Å². The van der Waals surface area contributed by atoms with E-state index in [0.717, 1.165) is 5.57 Å². The molecule has 8 atom stereocenters.